The number of methoxy groups -OCH3 is 1. The van der Waals surface area contributed by atoms with Crippen LogP contribution in [0.1, 0.15) is 33.2 Å². The van der Waals surface area contributed by atoms with Gasteiger partial charge in [0, 0.05) is 11.1 Å². The van der Waals surface area contributed by atoms with Crippen LogP contribution in [0.5, 0.6) is 5.75 Å². The molecule has 1 aliphatic rings. The Labute approximate surface area is 165 Å². The van der Waals surface area contributed by atoms with Gasteiger partial charge < -0.3 is 10.1 Å². The third-order valence-electron chi connectivity index (χ3n) is 4.85. The summed E-state index contributed by atoms with van der Waals surface area (Å²) in [5.41, 5.74) is 6.01. The SMILES string of the molecule is COc1ccc(-c2c(I)n[nH]c2C2Cc3c(C)cccc3C(=O)N2)cc1. The van der Waals surface area contributed by atoms with E-state index in [4.69, 9.17) is 4.74 Å². The number of hydrogen-bond donors (Lipinski definition) is 2. The van der Waals surface area contributed by atoms with Crippen LogP contribution in [0.25, 0.3) is 11.1 Å². The molecule has 1 aromatic heterocycles. The lowest BCUT2D eigenvalue weighted by Gasteiger charge is -2.27. The number of ether oxygens (including phenoxy) is 1. The lowest BCUT2D eigenvalue weighted by Crippen LogP contribution is -2.36. The molecule has 1 atom stereocenters. The number of hydrogen-bond acceptors (Lipinski definition) is 3. The minimum Gasteiger partial charge on any atom is -0.497 e. The second kappa shape index (κ2) is 6.75. The zero-order valence-corrected chi connectivity index (χ0v) is 16.6. The van der Waals surface area contributed by atoms with E-state index in [1.54, 1.807) is 7.11 Å². The van der Waals surface area contributed by atoms with Crippen molar-refractivity contribution in [3.63, 3.8) is 0 Å². The van der Waals surface area contributed by atoms with Crippen molar-refractivity contribution in [1.82, 2.24) is 15.5 Å². The Morgan fingerprint density at radius 3 is 2.69 bits per heavy atom. The smallest absolute Gasteiger partial charge is 0.252 e. The number of rotatable bonds is 3. The number of fused-ring (bicyclic) bond motifs is 1. The molecule has 0 fully saturated rings. The summed E-state index contributed by atoms with van der Waals surface area (Å²) in [6.07, 6.45) is 0.745. The second-order valence-corrected chi connectivity index (χ2v) is 7.38. The zero-order valence-electron chi connectivity index (χ0n) is 14.5. The Morgan fingerprint density at radius 1 is 1.19 bits per heavy atom. The Kier molecular flexibility index (Phi) is 4.44. The summed E-state index contributed by atoms with van der Waals surface area (Å²) in [5, 5.41) is 10.7. The highest BCUT2D eigenvalue weighted by molar-refractivity contribution is 14.1. The number of carbonyl (C=O) groups excluding carboxylic acids is 1. The summed E-state index contributed by atoms with van der Waals surface area (Å²) in [6.45, 7) is 2.05. The number of nitrogens with zero attached hydrogens (tertiary/aromatic N) is 1. The first-order valence-electron chi connectivity index (χ1n) is 8.36. The molecular formula is C20H18IN3O2. The first kappa shape index (κ1) is 17.1. The van der Waals surface area contributed by atoms with Crippen molar-refractivity contribution in [1.29, 1.82) is 0 Å². The van der Waals surface area contributed by atoms with Gasteiger partial charge in [0.05, 0.1) is 18.8 Å². The highest BCUT2D eigenvalue weighted by Crippen LogP contribution is 2.35. The van der Waals surface area contributed by atoms with E-state index in [0.29, 0.717) is 0 Å². The van der Waals surface area contributed by atoms with Crippen molar-refractivity contribution in [2.24, 2.45) is 0 Å². The minimum absolute atomic E-state index is 0.0368. The summed E-state index contributed by atoms with van der Waals surface area (Å²) in [5.74, 6) is 0.773. The molecule has 0 saturated carbocycles. The summed E-state index contributed by atoms with van der Waals surface area (Å²) in [7, 11) is 1.65. The first-order chi connectivity index (χ1) is 12.6. The maximum Gasteiger partial charge on any atom is 0.252 e. The average Bonchev–Trinajstić information content (AvgIpc) is 3.04. The highest BCUT2D eigenvalue weighted by atomic mass is 127. The van der Waals surface area contributed by atoms with E-state index in [-0.39, 0.29) is 11.9 Å². The molecule has 2 N–H and O–H groups in total. The van der Waals surface area contributed by atoms with Crippen LogP contribution >= 0.6 is 22.6 Å². The Bertz CT molecular complexity index is 979. The second-order valence-electron chi connectivity index (χ2n) is 6.36. The van der Waals surface area contributed by atoms with Gasteiger partial charge in [0.1, 0.15) is 9.45 Å². The van der Waals surface area contributed by atoms with Gasteiger partial charge in [-0.15, -0.1) is 0 Å². The molecule has 0 spiro atoms. The lowest BCUT2D eigenvalue weighted by atomic mass is 9.88. The first-order valence-corrected chi connectivity index (χ1v) is 9.44. The summed E-state index contributed by atoms with van der Waals surface area (Å²) < 4.78 is 6.13. The van der Waals surface area contributed by atoms with E-state index in [2.05, 4.69) is 51.1 Å². The van der Waals surface area contributed by atoms with E-state index in [1.165, 1.54) is 0 Å². The number of carbonyl (C=O) groups is 1. The molecule has 0 bridgehead atoms. The molecule has 2 aromatic carbocycles. The van der Waals surface area contributed by atoms with Crippen molar-refractivity contribution in [2.45, 2.75) is 19.4 Å². The van der Waals surface area contributed by atoms with Crippen LogP contribution in [0.15, 0.2) is 42.5 Å². The average molecular weight is 459 g/mol. The third kappa shape index (κ3) is 2.88. The van der Waals surface area contributed by atoms with Gasteiger partial charge >= 0.3 is 0 Å². The van der Waals surface area contributed by atoms with Crippen LogP contribution in [-0.2, 0) is 6.42 Å². The number of aryl methyl sites for hydroxylation is 1. The molecule has 0 saturated heterocycles. The fraction of sp³-hybridized carbons (Fsp3) is 0.200. The van der Waals surface area contributed by atoms with E-state index < -0.39 is 0 Å². The number of amides is 1. The topological polar surface area (TPSA) is 67.0 Å². The largest absolute Gasteiger partial charge is 0.497 e. The summed E-state index contributed by atoms with van der Waals surface area (Å²) in [4.78, 5) is 12.6. The van der Waals surface area contributed by atoms with Crippen LogP contribution < -0.4 is 10.1 Å². The molecule has 1 unspecified atom stereocenters. The minimum atomic E-state index is -0.135. The number of halogens is 1. The molecule has 5 nitrogen and oxygen atoms in total. The number of H-pyrrole nitrogens is 1. The molecule has 3 aromatic rings. The molecule has 1 amide bonds. The van der Waals surface area contributed by atoms with E-state index in [0.717, 1.165) is 49.4 Å². The Morgan fingerprint density at radius 2 is 1.96 bits per heavy atom. The molecular weight excluding hydrogens is 441 g/mol. The number of nitrogens with one attached hydrogen (secondary N) is 2. The van der Waals surface area contributed by atoms with Gasteiger partial charge in [0.15, 0.2) is 0 Å². The van der Waals surface area contributed by atoms with Crippen molar-refractivity contribution in [3.05, 3.63) is 68.5 Å². The van der Waals surface area contributed by atoms with Gasteiger partial charge in [-0.05, 0) is 70.8 Å². The Hall–Kier alpha value is -2.35. The van der Waals surface area contributed by atoms with E-state index in [1.807, 2.05) is 36.4 Å². The van der Waals surface area contributed by atoms with Crippen LogP contribution in [0.4, 0.5) is 0 Å². The maximum absolute atomic E-state index is 12.6. The van der Waals surface area contributed by atoms with Crippen LogP contribution in [0, 0.1) is 10.6 Å². The molecule has 132 valence electrons. The van der Waals surface area contributed by atoms with Crippen molar-refractivity contribution < 1.29 is 9.53 Å². The zero-order chi connectivity index (χ0) is 18.3. The molecule has 6 heteroatoms. The number of aromatic amines is 1. The maximum atomic E-state index is 12.6. The fourth-order valence-electron chi connectivity index (χ4n) is 3.47. The van der Waals surface area contributed by atoms with Gasteiger partial charge in [0.25, 0.3) is 5.91 Å². The highest BCUT2D eigenvalue weighted by Gasteiger charge is 2.30. The van der Waals surface area contributed by atoms with E-state index >= 15 is 0 Å². The predicted octanol–water partition coefficient (Wildman–Crippen LogP) is 4.03. The Balaban J connectivity index is 1.76. The van der Waals surface area contributed by atoms with Crippen molar-refractivity contribution in [3.8, 4) is 16.9 Å². The van der Waals surface area contributed by atoms with E-state index in [9.17, 15) is 4.79 Å². The molecule has 4 rings (SSSR count). The molecule has 0 aliphatic carbocycles. The summed E-state index contributed by atoms with van der Waals surface area (Å²) >= 11 is 2.22. The molecule has 2 heterocycles. The van der Waals surface area contributed by atoms with Crippen molar-refractivity contribution in [2.75, 3.05) is 7.11 Å². The van der Waals surface area contributed by atoms with Crippen LogP contribution in [0.3, 0.4) is 0 Å². The predicted molar refractivity (Wildman–Crippen MR) is 108 cm³/mol. The summed E-state index contributed by atoms with van der Waals surface area (Å²) in [6, 6.07) is 13.6. The molecule has 26 heavy (non-hydrogen) atoms. The van der Waals surface area contributed by atoms with Crippen LogP contribution in [-0.4, -0.2) is 23.2 Å². The van der Waals surface area contributed by atoms with Gasteiger partial charge in [-0.1, -0.05) is 24.3 Å². The number of aromatic nitrogens is 2. The normalized spacial score (nSPS) is 16.1. The number of benzene rings is 2. The van der Waals surface area contributed by atoms with Gasteiger partial charge in [0.2, 0.25) is 0 Å². The standard InChI is InChI=1S/C20H18IN3O2/c1-11-4-3-5-14-15(11)10-16(22-20(14)25)18-17(19(21)24-23-18)12-6-8-13(26-2)9-7-12/h3-9,16H,10H2,1-2H3,(H,22,25)(H,23,24). The monoisotopic (exact) mass is 459 g/mol. The molecule has 1 aliphatic heterocycles. The van der Waals surface area contributed by atoms with Gasteiger partial charge in [-0.3, -0.25) is 9.89 Å². The van der Waals surface area contributed by atoms with Gasteiger partial charge in [-0.2, -0.15) is 5.10 Å². The fourth-order valence-corrected chi connectivity index (χ4v) is 4.19. The third-order valence-corrected chi connectivity index (χ3v) is 5.63. The van der Waals surface area contributed by atoms with Crippen molar-refractivity contribution >= 4 is 28.5 Å². The quantitative estimate of drug-likeness (QED) is 0.582. The van der Waals surface area contributed by atoms with Gasteiger partial charge in [-0.25, -0.2) is 0 Å². The molecule has 0 radical (unpaired) electrons. The van der Waals surface area contributed by atoms with Crippen LogP contribution in [0.2, 0.25) is 0 Å². The lowest BCUT2D eigenvalue weighted by molar-refractivity contribution is 0.0924.